The van der Waals surface area contributed by atoms with Crippen LogP contribution in [0.25, 0.3) is 21.8 Å². The smallest absolute Gasteiger partial charge is 0.414 e. The highest BCUT2D eigenvalue weighted by Gasteiger charge is 2.23. The normalized spacial score (nSPS) is 11.4. The predicted octanol–water partition coefficient (Wildman–Crippen LogP) is 5.11. The van der Waals surface area contributed by atoms with Crippen LogP contribution in [0.5, 0.6) is 0 Å². The van der Waals surface area contributed by atoms with Gasteiger partial charge in [-0.15, -0.1) is 0 Å². The molecule has 1 N–H and O–H groups in total. The second-order valence-corrected chi connectivity index (χ2v) is 7.60. The SMILES string of the molecule is CCCN(C(=O)OC(C)(C)C)c1ccc2c(NC=O)c3ccccc3nc2c1. The standard InChI is InChI=1S/C22H25N3O3/c1-5-12-25(21(27)28-22(2,3)4)15-10-11-17-19(13-15)24-18-9-7-6-8-16(18)20(17)23-14-26/h6-11,13-14H,5,12H2,1-4H3,(H,23,24,26). The third-order valence-electron chi connectivity index (χ3n) is 4.24. The van der Waals surface area contributed by atoms with Crippen molar-refractivity contribution in [2.24, 2.45) is 0 Å². The predicted molar refractivity (Wildman–Crippen MR) is 113 cm³/mol. The number of ether oxygens (including phenoxy) is 1. The first kappa shape index (κ1) is 19.6. The van der Waals surface area contributed by atoms with Crippen LogP contribution in [0.2, 0.25) is 0 Å². The van der Waals surface area contributed by atoms with Gasteiger partial charge in [0.15, 0.2) is 0 Å². The van der Waals surface area contributed by atoms with E-state index in [1.807, 2.05) is 70.2 Å². The second kappa shape index (κ2) is 7.84. The van der Waals surface area contributed by atoms with Crippen molar-refractivity contribution in [2.75, 3.05) is 16.8 Å². The van der Waals surface area contributed by atoms with Crippen molar-refractivity contribution < 1.29 is 14.3 Å². The van der Waals surface area contributed by atoms with Gasteiger partial charge in [0.2, 0.25) is 6.41 Å². The van der Waals surface area contributed by atoms with E-state index in [1.165, 1.54) is 0 Å². The van der Waals surface area contributed by atoms with Crippen molar-refractivity contribution in [2.45, 2.75) is 39.7 Å². The average molecular weight is 379 g/mol. The van der Waals surface area contributed by atoms with Crippen molar-refractivity contribution in [1.29, 1.82) is 0 Å². The zero-order valence-corrected chi connectivity index (χ0v) is 16.7. The number of nitrogens with zero attached hydrogens (tertiary/aromatic N) is 2. The Kier molecular flexibility index (Phi) is 5.49. The Morgan fingerprint density at radius 1 is 1.14 bits per heavy atom. The van der Waals surface area contributed by atoms with E-state index in [1.54, 1.807) is 4.90 Å². The van der Waals surface area contributed by atoms with Gasteiger partial charge in [-0.2, -0.15) is 0 Å². The van der Waals surface area contributed by atoms with Crippen LogP contribution >= 0.6 is 0 Å². The van der Waals surface area contributed by atoms with Crippen LogP contribution in [0.1, 0.15) is 34.1 Å². The molecule has 3 rings (SSSR count). The fourth-order valence-electron chi connectivity index (χ4n) is 3.13. The second-order valence-electron chi connectivity index (χ2n) is 7.60. The lowest BCUT2D eigenvalue weighted by molar-refractivity contribution is -0.105. The summed E-state index contributed by atoms with van der Waals surface area (Å²) in [5.41, 5.74) is 2.32. The Labute approximate surface area is 164 Å². The molecule has 1 heterocycles. The van der Waals surface area contributed by atoms with Gasteiger partial charge in [0, 0.05) is 23.0 Å². The van der Waals surface area contributed by atoms with Crippen molar-refractivity contribution in [3.05, 3.63) is 42.5 Å². The van der Waals surface area contributed by atoms with Gasteiger partial charge in [0.1, 0.15) is 5.60 Å². The van der Waals surface area contributed by atoms with E-state index < -0.39 is 5.60 Å². The molecule has 2 amide bonds. The number of rotatable bonds is 5. The Morgan fingerprint density at radius 3 is 2.54 bits per heavy atom. The van der Waals surface area contributed by atoms with E-state index >= 15 is 0 Å². The molecular weight excluding hydrogens is 354 g/mol. The Bertz CT molecular complexity index is 1020. The summed E-state index contributed by atoms with van der Waals surface area (Å²) in [5, 5.41) is 4.48. The zero-order chi connectivity index (χ0) is 20.3. The van der Waals surface area contributed by atoms with E-state index in [0.717, 1.165) is 22.7 Å². The van der Waals surface area contributed by atoms with Crippen LogP contribution in [0.15, 0.2) is 42.5 Å². The molecule has 2 aromatic carbocycles. The van der Waals surface area contributed by atoms with Gasteiger partial charge in [0.05, 0.1) is 16.7 Å². The number of carbonyl (C=O) groups is 2. The third-order valence-corrected chi connectivity index (χ3v) is 4.24. The molecule has 0 aliphatic heterocycles. The molecule has 0 fully saturated rings. The maximum Gasteiger partial charge on any atom is 0.414 e. The summed E-state index contributed by atoms with van der Waals surface area (Å²) in [5.74, 6) is 0. The Hall–Kier alpha value is -3.15. The number of benzene rings is 2. The molecule has 28 heavy (non-hydrogen) atoms. The first-order valence-electron chi connectivity index (χ1n) is 9.37. The summed E-state index contributed by atoms with van der Waals surface area (Å²) in [6.45, 7) is 8.09. The molecule has 0 aliphatic rings. The molecule has 6 heteroatoms. The molecule has 0 unspecified atom stereocenters. The molecule has 0 radical (unpaired) electrons. The lowest BCUT2D eigenvalue weighted by Gasteiger charge is -2.27. The molecule has 0 atom stereocenters. The Balaban J connectivity index is 2.13. The largest absolute Gasteiger partial charge is 0.443 e. The molecule has 6 nitrogen and oxygen atoms in total. The van der Waals surface area contributed by atoms with E-state index in [9.17, 15) is 9.59 Å². The maximum absolute atomic E-state index is 12.7. The van der Waals surface area contributed by atoms with Gasteiger partial charge in [-0.25, -0.2) is 9.78 Å². The van der Waals surface area contributed by atoms with Crippen LogP contribution in [0, 0.1) is 0 Å². The number of hydrogen-bond acceptors (Lipinski definition) is 4. The van der Waals surface area contributed by atoms with Crippen LogP contribution in [0.3, 0.4) is 0 Å². The van der Waals surface area contributed by atoms with Crippen molar-refractivity contribution in [3.8, 4) is 0 Å². The first-order valence-corrected chi connectivity index (χ1v) is 9.37. The van der Waals surface area contributed by atoms with Crippen molar-refractivity contribution in [3.63, 3.8) is 0 Å². The van der Waals surface area contributed by atoms with Crippen LogP contribution in [-0.2, 0) is 9.53 Å². The fraction of sp³-hybridized carbons (Fsp3) is 0.318. The number of carbonyl (C=O) groups excluding carboxylic acids is 2. The lowest BCUT2D eigenvalue weighted by Crippen LogP contribution is -2.37. The van der Waals surface area contributed by atoms with E-state index in [0.29, 0.717) is 29.8 Å². The fourth-order valence-corrected chi connectivity index (χ4v) is 3.13. The monoisotopic (exact) mass is 379 g/mol. The maximum atomic E-state index is 12.7. The molecule has 3 aromatic rings. The highest BCUT2D eigenvalue weighted by atomic mass is 16.6. The van der Waals surface area contributed by atoms with Gasteiger partial charge >= 0.3 is 6.09 Å². The quantitative estimate of drug-likeness (QED) is 0.494. The minimum Gasteiger partial charge on any atom is -0.443 e. The summed E-state index contributed by atoms with van der Waals surface area (Å²) < 4.78 is 5.56. The minimum atomic E-state index is -0.574. The third kappa shape index (κ3) is 4.06. The van der Waals surface area contributed by atoms with Gasteiger partial charge in [0.25, 0.3) is 0 Å². The molecule has 0 bridgehead atoms. The zero-order valence-electron chi connectivity index (χ0n) is 16.7. The van der Waals surface area contributed by atoms with Crippen LogP contribution in [0.4, 0.5) is 16.2 Å². The van der Waals surface area contributed by atoms with E-state index in [4.69, 9.17) is 9.72 Å². The molecule has 0 aliphatic carbocycles. The number of pyridine rings is 1. The average Bonchev–Trinajstić information content (AvgIpc) is 2.64. The molecule has 0 saturated carbocycles. The van der Waals surface area contributed by atoms with E-state index in [2.05, 4.69) is 5.32 Å². The molecule has 0 saturated heterocycles. The number of para-hydroxylation sites is 1. The topological polar surface area (TPSA) is 71.5 Å². The summed E-state index contributed by atoms with van der Waals surface area (Å²) >= 11 is 0. The highest BCUT2D eigenvalue weighted by molar-refractivity contribution is 6.11. The summed E-state index contributed by atoms with van der Waals surface area (Å²) in [6, 6.07) is 13.2. The summed E-state index contributed by atoms with van der Waals surface area (Å²) in [4.78, 5) is 30.2. The number of fused-ring (bicyclic) bond motifs is 2. The summed E-state index contributed by atoms with van der Waals surface area (Å²) in [7, 11) is 0. The van der Waals surface area contributed by atoms with Gasteiger partial charge in [-0.05, 0) is 51.5 Å². The van der Waals surface area contributed by atoms with Crippen LogP contribution in [-0.4, -0.2) is 29.6 Å². The van der Waals surface area contributed by atoms with E-state index in [-0.39, 0.29) is 6.09 Å². The van der Waals surface area contributed by atoms with Crippen molar-refractivity contribution >= 4 is 45.7 Å². The Morgan fingerprint density at radius 2 is 1.86 bits per heavy atom. The number of anilines is 2. The highest BCUT2D eigenvalue weighted by Crippen LogP contribution is 2.33. The number of aromatic nitrogens is 1. The van der Waals surface area contributed by atoms with Crippen LogP contribution < -0.4 is 10.2 Å². The minimum absolute atomic E-state index is 0.388. The van der Waals surface area contributed by atoms with Gasteiger partial charge in [-0.1, -0.05) is 25.1 Å². The molecule has 0 spiro atoms. The lowest BCUT2D eigenvalue weighted by atomic mass is 10.1. The number of nitrogens with one attached hydrogen (secondary N) is 1. The van der Waals surface area contributed by atoms with Gasteiger partial charge in [-0.3, -0.25) is 9.69 Å². The van der Waals surface area contributed by atoms with Gasteiger partial charge < -0.3 is 10.1 Å². The molecule has 1 aromatic heterocycles. The number of amides is 2. The van der Waals surface area contributed by atoms with Crippen molar-refractivity contribution in [1.82, 2.24) is 4.98 Å². The first-order chi connectivity index (χ1) is 13.3. The molecular formula is C22H25N3O3. The molecule has 146 valence electrons. The number of hydrogen-bond donors (Lipinski definition) is 1. The summed E-state index contributed by atoms with van der Waals surface area (Å²) in [6.07, 6.45) is 1.07.